The van der Waals surface area contributed by atoms with Crippen LogP contribution in [0.3, 0.4) is 0 Å². The van der Waals surface area contributed by atoms with Gasteiger partial charge in [0.05, 0.1) is 5.56 Å². The molecule has 0 fully saturated rings. The topological polar surface area (TPSA) is 66.8 Å². The third kappa shape index (κ3) is 2.03. The molecular weight excluding hydrogens is 268 g/mol. The summed E-state index contributed by atoms with van der Waals surface area (Å²) in [6.45, 7) is 0. The van der Waals surface area contributed by atoms with Crippen molar-refractivity contribution in [3.8, 4) is 11.8 Å². The Balaban J connectivity index is 2.70. The van der Waals surface area contributed by atoms with Crippen molar-refractivity contribution in [1.82, 2.24) is 14.3 Å². The van der Waals surface area contributed by atoms with Gasteiger partial charge in [-0.1, -0.05) is 0 Å². The van der Waals surface area contributed by atoms with E-state index < -0.39 is 22.9 Å². The highest BCUT2D eigenvalue weighted by atomic mass is 19.1. The lowest BCUT2D eigenvalue weighted by Crippen LogP contribution is -2.23. The smallest absolute Gasteiger partial charge is 0.347 e. The van der Waals surface area contributed by atoms with Gasteiger partial charge in [0.2, 0.25) is 5.95 Å². The number of halogens is 2. The summed E-state index contributed by atoms with van der Waals surface area (Å²) in [6.07, 6.45) is 0. The first kappa shape index (κ1) is 13.7. The van der Waals surface area contributed by atoms with Gasteiger partial charge in [-0.3, -0.25) is 4.57 Å². The number of hydrogen-bond donors (Lipinski definition) is 0. The Morgan fingerprint density at radius 1 is 1.30 bits per heavy atom. The minimum Gasteiger partial charge on any atom is -0.347 e. The molecule has 1 heterocycles. The third-order valence-electron chi connectivity index (χ3n) is 2.74. The standard InChI is InChI=1S/C12H11F2N5O/c1-17(2)11-16-19(12(20)18(11)3)10-5-8(13)7(6-15)4-9(10)14/h4-5H,1-3H3. The van der Waals surface area contributed by atoms with E-state index in [2.05, 4.69) is 5.10 Å². The first-order valence-corrected chi connectivity index (χ1v) is 5.59. The Morgan fingerprint density at radius 3 is 2.45 bits per heavy atom. The van der Waals surface area contributed by atoms with Crippen LogP contribution < -0.4 is 10.6 Å². The summed E-state index contributed by atoms with van der Waals surface area (Å²) < 4.78 is 29.4. The lowest BCUT2D eigenvalue weighted by atomic mass is 10.2. The lowest BCUT2D eigenvalue weighted by molar-refractivity contribution is 0.581. The molecule has 0 saturated heterocycles. The maximum absolute atomic E-state index is 13.9. The van der Waals surface area contributed by atoms with E-state index in [9.17, 15) is 13.6 Å². The predicted octanol–water partition coefficient (Wildman–Crippen LogP) is 0.787. The summed E-state index contributed by atoms with van der Waals surface area (Å²) in [5.74, 6) is -1.51. The number of rotatable bonds is 2. The molecule has 20 heavy (non-hydrogen) atoms. The van der Waals surface area contributed by atoms with Gasteiger partial charge < -0.3 is 4.90 Å². The number of nitriles is 1. The molecule has 0 spiro atoms. The summed E-state index contributed by atoms with van der Waals surface area (Å²) in [7, 11) is 4.81. The van der Waals surface area contributed by atoms with Gasteiger partial charge in [-0.25, -0.2) is 13.6 Å². The molecule has 104 valence electrons. The molecule has 1 aromatic heterocycles. The highest BCUT2D eigenvalue weighted by Gasteiger charge is 2.18. The number of anilines is 1. The van der Waals surface area contributed by atoms with Crippen LogP contribution in [0, 0.1) is 23.0 Å². The van der Waals surface area contributed by atoms with Crippen LogP contribution in [0.5, 0.6) is 0 Å². The van der Waals surface area contributed by atoms with Crippen LogP contribution in [0.15, 0.2) is 16.9 Å². The average Bonchev–Trinajstić information content (AvgIpc) is 2.69. The van der Waals surface area contributed by atoms with Crippen LogP contribution in [-0.2, 0) is 7.05 Å². The zero-order valence-electron chi connectivity index (χ0n) is 11.1. The Hall–Kier alpha value is -2.69. The molecule has 1 aromatic carbocycles. The quantitative estimate of drug-likeness (QED) is 0.815. The van der Waals surface area contributed by atoms with Crippen LogP contribution in [-0.4, -0.2) is 28.4 Å². The second kappa shape index (κ2) is 4.77. The van der Waals surface area contributed by atoms with E-state index in [1.165, 1.54) is 17.7 Å². The van der Waals surface area contributed by atoms with Crippen molar-refractivity contribution in [3.63, 3.8) is 0 Å². The first-order valence-electron chi connectivity index (χ1n) is 5.59. The molecule has 0 aliphatic rings. The third-order valence-corrected chi connectivity index (χ3v) is 2.74. The molecule has 2 rings (SSSR count). The van der Waals surface area contributed by atoms with Gasteiger partial charge in [-0.2, -0.15) is 9.94 Å². The highest BCUT2D eigenvalue weighted by Crippen LogP contribution is 2.17. The van der Waals surface area contributed by atoms with Crippen LogP contribution in [0.1, 0.15) is 5.56 Å². The van der Waals surface area contributed by atoms with E-state index in [0.717, 1.165) is 16.8 Å². The molecule has 0 N–H and O–H groups in total. The van der Waals surface area contributed by atoms with E-state index in [-0.39, 0.29) is 5.69 Å². The number of hydrogen-bond acceptors (Lipinski definition) is 4. The van der Waals surface area contributed by atoms with Crippen LogP contribution in [0.25, 0.3) is 5.69 Å². The van der Waals surface area contributed by atoms with Crippen molar-refractivity contribution in [1.29, 1.82) is 5.26 Å². The molecule has 0 bridgehead atoms. The van der Waals surface area contributed by atoms with Gasteiger partial charge in [0.25, 0.3) is 0 Å². The summed E-state index contributed by atoms with van der Waals surface area (Å²) in [4.78, 5) is 13.6. The Labute approximate surface area is 113 Å². The second-order valence-electron chi connectivity index (χ2n) is 4.34. The number of aromatic nitrogens is 3. The number of nitrogens with zero attached hydrogens (tertiary/aromatic N) is 5. The van der Waals surface area contributed by atoms with Crippen molar-refractivity contribution in [2.24, 2.45) is 7.05 Å². The van der Waals surface area contributed by atoms with Gasteiger partial charge in [0, 0.05) is 27.2 Å². The molecule has 6 nitrogen and oxygen atoms in total. The molecule has 0 saturated carbocycles. The van der Waals surface area contributed by atoms with E-state index in [0.29, 0.717) is 5.95 Å². The number of benzene rings is 1. The summed E-state index contributed by atoms with van der Waals surface area (Å²) in [6, 6.07) is 3.04. The zero-order valence-corrected chi connectivity index (χ0v) is 11.1. The van der Waals surface area contributed by atoms with Crippen molar-refractivity contribution in [2.75, 3.05) is 19.0 Å². The molecule has 0 aliphatic carbocycles. The van der Waals surface area contributed by atoms with Crippen molar-refractivity contribution < 1.29 is 8.78 Å². The van der Waals surface area contributed by atoms with Gasteiger partial charge >= 0.3 is 5.69 Å². The van der Waals surface area contributed by atoms with Gasteiger partial charge in [-0.05, 0) is 6.07 Å². The molecule has 0 unspecified atom stereocenters. The maximum Gasteiger partial charge on any atom is 0.352 e. The van der Waals surface area contributed by atoms with E-state index in [1.807, 2.05) is 0 Å². The zero-order chi connectivity index (χ0) is 15.0. The minimum absolute atomic E-state index is 0.291. The monoisotopic (exact) mass is 279 g/mol. The van der Waals surface area contributed by atoms with Gasteiger partial charge in [-0.15, -0.1) is 5.10 Å². The predicted molar refractivity (Wildman–Crippen MR) is 67.8 cm³/mol. The van der Waals surface area contributed by atoms with E-state index in [1.54, 1.807) is 19.0 Å². The average molecular weight is 279 g/mol. The Kier molecular flexibility index (Phi) is 3.28. The van der Waals surface area contributed by atoms with Crippen LogP contribution in [0.2, 0.25) is 0 Å². The second-order valence-corrected chi connectivity index (χ2v) is 4.34. The van der Waals surface area contributed by atoms with Crippen molar-refractivity contribution >= 4 is 5.95 Å². The van der Waals surface area contributed by atoms with Crippen LogP contribution >= 0.6 is 0 Å². The summed E-state index contributed by atoms with van der Waals surface area (Å²) >= 11 is 0. The normalized spacial score (nSPS) is 10.4. The molecule has 2 aromatic rings. The van der Waals surface area contributed by atoms with Crippen molar-refractivity contribution in [2.45, 2.75) is 0 Å². The fourth-order valence-corrected chi connectivity index (χ4v) is 1.76. The van der Waals surface area contributed by atoms with Gasteiger partial charge in [0.15, 0.2) is 5.82 Å². The molecule has 0 aliphatic heterocycles. The highest BCUT2D eigenvalue weighted by molar-refractivity contribution is 5.42. The molecule has 8 heteroatoms. The van der Waals surface area contributed by atoms with E-state index >= 15 is 0 Å². The van der Waals surface area contributed by atoms with Crippen LogP contribution in [0.4, 0.5) is 14.7 Å². The Morgan fingerprint density at radius 2 is 1.95 bits per heavy atom. The molecule has 0 amide bonds. The first-order chi connectivity index (χ1) is 9.36. The minimum atomic E-state index is -0.909. The fourth-order valence-electron chi connectivity index (χ4n) is 1.76. The summed E-state index contributed by atoms with van der Waals surface area (Å²) in [5.41, 5.74) is -1.38. The molecule has 0 atom stereocenters. The molecular formula is C12H11F2N5O. The van der Waals surface area contributed by atoms with Crippen molar-refractivity contribution in [3.05, 3.63) is 39.8 Å². The van der Waals surface area contributed by atoms with Gasteiger partial charge in [0.1, 0.15) is 17.6 Å². The lowest BCUT2D eigenvalue weighted by Gasteiger charge is -2.08. The largest absolute Gasteiger partial charge is 0.352 e. The summed E-state index contributed by atoms with van der Waals surface area (Å²) in [5, 5.41) is 12.6. The maximum atomic E-state index is 13.9. The SMILES string of the molecule is CN(C)c1nn(-c2cc(F)c(C#N)cc2F)c(=O)n1C. The van der Waals surface area contributed by atoms with E-state index in [4.69, 9.17) is 5.26 Å². The Bertz CT molecular complexity index is 769. The molecule has 0 radical (unpaired) electrons. The fraction of sp³-hybridized carbons (Fsp3) is 0.250.